The van der Waals surface area contributed by atoms with Gasteiger partial charge in [0.1, 0.15) is 6.29 Å². The lowest BCUT2D eigenvalue weighted by atomic mass is 9.76. The van der Waals surface area contributed by atoms with E-state index in [9.17, 15) is 4.79 Å². The lowest BCUT2D eigenvalue weighted by Gasteiger charge is -2.28. The van der Waals surface area contributed by atoms with Gasteiger partial charge in [-0.2, -0.15) is 0 Å². The second kappa shape index (κ2) is 2.50. The molecule has 1 unspecified atom stereocenters. The van der Waals surface area contributed by atoms with Gasteiger partial charge in [0, 0.05) is 6.42 Å². The van der Waals surface area contributed by atoms with Crippen LogP contribution in [0.4, 0.5) is 0 Å². The number of carbonyl (C=O) groups is 1. The van der Waals surface area contributed by atoms with Gasteiger partial charge in [-0.3, -0.25) is 0 Å². The molecule has 11 heavy (non-hydrogen) atoms. The van der Waals surface area contributed by atoms with Gasteiger partial charge in [0.25, 0.3) is 0 Å². The molecular formula is C10H10O. The summed E-state index contributed by atoms with van der Waals surface area (Å²) in [7, 11) is 0. The van der Waals surface area contributed by atoms with Gasteiger partial charge in [0.2, 0.25) is 0 Å². The zero-order valence-corrected chi connectivity index (χ0v) is 6.29. The SMILES string of the molecule is O=CCC1Cc2ccccc21. The van der Waals surface area contributed by atoms with Crippen molar-refractivity contribution >= 4 is 6.29 Å². The molecule has 0 fully saturated rings. The Bertz CT molecular complexity index is 278. The summed E-state index contributed by atoms with van der Waals surface area (Å²) in [6.45, 7) is 0. The van der Waals surface area contributed by atoms with Crippen molar-refractivity contribution in [2.24, 2.45) is 0 Å². The van der Waals surface area contributed by atoms with Crippen molar-refractivity contribution in [3.05, 3.63) is 35.4 Å². The molecule has 1 nitrogen and oxygen atoms in total. The summed E-state index contributed by atoms with van der Waals surface area (Å²) in [5, 5.41) is 0. The van der Waals surface area contributed by atoms with Crippen LogP contribution in [0.1, 0.15) is 23.5 Å². The lowest BCUT2D eigenvalue weighted by Crippen LogP contribution is -2.16. The maximum absolute atomic E-state index is 10.2. The van der Waals surface area contributed by atoms with Crippen molar-refractivity contribution in [1.29, 1.82) is 0 Å². The molecule has 56 valence electrons. The van der Waals surface area contributed by atoms with Gasteiger partial charge in [-0.15, -0.1) is 0 Å². The Morgan fingerprint density at radius 3 is 3.00 bits per heavy atom. The van der Waals surface area contributed by atoms with Gasteiger partial charge >= 0.3 is 0 Å². The largest absolute Gasteiger partial charge is 0.303 e. The smallest absolute Gasteiger partial charge is 0.120 e. The van der Waals surface area contributed by atoms with E-state index in [1.807, 2.05) is 6.07 Å². The van der Waals surface area contributed by atoms with Crippen molar-refractivity contribution < 1.29 is 4.79 Å². The van der Waals surface area contributed by atoms with Crippen LogP contribution in [0.3, 0.4) is 0 Å². The van der Waals surface area contributed by atoms with Crippen molar-refractivity contribution in [3.8, 4) is 0 Å². The number of aldehydes is 1. The van der Waals surface area contributed by atoms with Crippen molar-refractivity contribution in [2.75, 3.05) is 0 Å². The summed E-state index contributed by atoms with van der Waals surface area (Å²) in [6.07, 6.45) is 2.80. The van der Waals surface area contributed by atoms with E-state index in [1.165, 1.54) is 11.1 Å². The van der Waals surface area contributed by atoms with Crippen LogP contribution in [0.5, 0.6) is 0 Å². The van der Waals surface area contributed by atoms with E-state index in [4.69, 9.17) is 0 Å². The zero-order chi connectivity index (χ0) is 7.68. The second-order valence-corrected chi connectivity index (χ2v) is 3.00. The highest BCUT2D eigenvalue weighted by Gasteiger charge is 2.24. The fourth-order valence-electron chi connectivity index (χ4n) is 1.69. The molecule has 0 aromatic heterocycles. The fraction of sp³-hybridized carbons (Fsp3) is 0.300. The van der Waals surface area contributed by atoms with Crippen LogP contribution in [-0.2, 0) is 11.2 Å². The summed E-state index contributed by atoms with van der Waals surface area (Å²) >= 11 is 0. The second-order valence-electron chi connectivity index (χ2n) is 3.00. The van der Waals surface area contributed by atoms with Crippen molar-refractivity contribution in [1.82, 2.24) is 0 Å². The molecule has 1 aliphatic rings. The number of benzene rings is 1. The number of fused-ring (bicyclic) bond motifs is 1. The van der Waals surface area contributed by atoms with Crippen LogP contribution in [0, 0.1) is 0 Å². The van der Waals surface area contributed by atoms with Crippen LogP contribution < -0.4 is 0 Å². The predicted molar refractivity (Wildman–Crippen MR) is 43.6 cm³/mol. The van der Waals surface area contributed by atoms with Gasteiger partial charge < -0.3 is 4.79 Å². The van der Waals surface area contributed by atoms with Gasteiger partial charge in [0.05, 0.1) is 0 Å². The topological polar surface area (TPSA) is 17.1 Å². The fourth-order valence-corrected chi connectivity index (χ4v) is 1.69. The molecule has 0 N–H and O–H groups in total. The Hall–Kier alpha value is -1.11. The summed E-state index contributed by atoms with van der Waals surface area (Å²) in [4.78, 5) is 10.2. The highest BCUT2D eigenvalue weighted by molar-refractivity contribution is 5.55. The first-order chi connectivity index (χ1) is 5.42. The third kappa shape index (κ3) is 0.967. The zero-order valence-electron chi connectivity index (χ0n) is 6.29. The van der Waals surface area contributed by atoms with E-state index in [0.29, 0.717) is 12.3 Å². The number of hydrogen-bond donors (Lipinski definition) is 0. The number of hydrogen-bond acceptors (Lipinski definition) is 1. The minimum atomic E-state index is 0.517. The highest BCUT2D eigenvalue weighted by Crippen LogP contribution is 2.36. The molecule has 0 bridgehead atoms. The standard InChI is InChI=1S/C10H10O/c11-6-5-9-7-8-3-1-2-4-10(8)9/h1-4,6,9H,5,7H2. The summed E-state index contributed by atoms with van der Waals surface area (Å²) in [5.41, 5.74) is 2.79. The molecule has 1 aliphatic carbocycles. The molecule has 2 rings (SSSR count). The average molecular weight is 146 g/mol. The van der Waals surface area contributed by atoms with Crippen LogP contribution in [0.15, 0.2) is 24.3 Å². The first kappa shape index (κ1) is 6.59. The van der Waals surface area contributed by atoms with Gasteiger partial charge in [-0.25, -0.2) is 0 Å². The molecule has 0 saturated heterocycles. The first-order valence-electron chi connectivity index (χ1n) is 3.93. The summed E-state index contributed by atoms with van der Waals surface area (Å²) in [6, 6.07) is 8.34. The normalized spacial score (nSPS) is 20.2. The monoisotopic (exact) mass is 146 g/mol. The molecule has 1 atom stereocenters. The molecule has 0 aliphatic heterocycles. The van der Waals surface area contributed by atoms with Crippen LogP contribution >= 0.6 is 0 Å². The van der Waals surface area contributed by atoms with E-state index in [0.717, 1.165) is 12.7 Å². The van der Waals surface area contributed by atoms with E-state index in [1.54, 1.807) is 0 Å². The maximum Gasteiger partial charge on any atom is 0.120 e. The van der Waals surface area contributed by atoms with Crippen molar-refractivity contribution in [2.45, 2.75) is 18.8 Å². The molecule has 0 spiro atoms. The van der Waals surface area contributed by atoms with Gasteiger partial charge in [0.15, 0.2) is 0 Å². The van der Waals surface area contributed by atoms with E-state index >= 15 is 0 Å². The molecule has 0 heterocycles. The van der Waals surface area contributed by atoms with Crippen molar-refractivity contribution in [3.63, 3.8) is 0 Å². The Morgan fingerprint density at radius 1 is 1.45 bits per heavy atom. The molecule has 0 radical (unpaired) electrons. The van der Waals surface area contributed by atoms with Crippen LogP contribution in [0.2, 0.25) is 0 Å². The molecule has 0 saturated carbocycles. The van der Waals surface area contributed by atoms with Gasteiger partial charge in [-0.1, -0.05) is 24.3 Å². The quantitative estimate of drug-likeness (QED) is 0.582. The first-order valence-corrected chi connectivity index (χ1v) is 3.93. The van der Waals surface area contributed by atoms with E-state index < -0.39 is 0 Å². The molecule has 1 heteroatoms. The third-order valence-electron chi connectivity index (χ3n) is 2.34. The third-order valence-corrected chi connectivity index (χ3v) is 2.34. The Kier molecular flexibility index (Phi) is 1.50. The van der Waals surface area contributed by atoms with Crippen LogP contribution in [0.25, 0.3) is 0 Å². The Labute approximate surface area is 66.0 Å². The Morgan fingerprint density at radius 2 is 2.27 bits per heavy atom. The molecular weight excluding hydrogens is 136 g/mol. The predicted octanol–water partition coefficient (Wildman–Crippen LogP) is 1.92. The lowest BCUT2D eigenvalue weighted by molar-refractivity contribution is -0.108. The van der Waals surface area contributed by atoms with E-state index in [-0.39, 0.29) is 0 Å². The Balaban J connectivity index is 2.22. The minimum Gasteiger partial charge on any atom is -0.303 e. The number of carbonyl (C=O) groups excluding carboxylic acids is 1. The van der Waals surface area contributed by atoms with E-state index in [2.05, 4.69) is 18.2 Å². The minimum absolute atomic E-state index is 0.517. The molecule has 1 aromatic rings. The maximum atomic E-state index is 10.2. The highest BCUT2D eigenvalue weighted by atomic mass is 16.1. The summed E-state index contributed by atoms with van der Waals surface area (Å²) < 4.78 is 0. The summed E-state index contributed by atoms with van der Waals surface area (Å²) in [5.74, 6) is 0.517. The van der Waals surface area contributed by atoms with Crippen LogP contribution in [-0.4, -0.2) is 6.29 Å². The molecule has 1 aromatic carbocycles. The average Bonchev–Trinajstić information content (AvgIpc) is 2.01. The molecule has 0 amide bonds. The van der Waals surface area contributed by atoms with Gasteiger partial charge in [-0.05, 0) is 23.5 Å². The number of rotatable bonds is 2.